The summed E-state index contributed by atoms with van der Waals surface area (Å²) < 4.78 is 58.0. The highest BCUT2D eigenvalue weighted by molar-refractivity contribution is 5.37. The van der Waals surface area contributed by atoms with Crippen LogP contribution in [0.3, 0.4) is 0 Å². The molecule has 3 aromatic rings. The maximum absolute atomic E-state index is 13.3. The van der Waals surface area contributed by atoms with Crippen LogP contribution in [0.5, 0.6) is 6.01 Å². The van der Waals surface area contributed by atoms with Crippen molar-refractivity contribution >= 4 is 0 Å². The summed E-state index contributed by atoms with van der Waals surface area (Å²) in [7, 11) is 0. The van der Waals surface area contributed by atoms with Crippen LogP contribution in [0.1, 0.15) is 16.8 Å². The maximum atomic E-state index is 13.3. The largest absolute Gasteiger partial charge is 0.457 e. The van der Waals surface area contributed by atoms with Gasteiger partial charge in [0, 0.05) is 12.4 Å². The molecule has 1 aromatic carbocycles. The van der Waals surface area contributed by atoms with Crippen LogP contribution < -0.4 is 4.74 Å². The van der Waals surface area contributed by atoms with E-state index in [1.165, 1.54) is 12.3 Å². The molecule has 10 heteroatoms. The van der Waals surface area contributed by atoms with E-state index < -0.39 is 17.6 Å². The van der Waals surface area contributed by atoms with Crippen LogP contribution >= 0.6 is 0 Å². The normalized spacial score (nSPS) is 11.6. The molecule has 0 radical (unpaired) electrons. The SMILES string of the molecule is Cc1cnc(OCc2cn(-c3ccc(F)c(C(F)(F)F)c3)nn2)nc1. The molecule has 0 spiro atoms. The van der Waals surface area contributed by atoms with Crippen LogP contribution in [0.2, 0.25) is 0 Å². The van der Waals surface area contributed by atoms with Gasteiger partial charge in [0.05, 0.1) is 17.4 Å². The Kier molecular flexibility index (Phi) is 4.34. The minimum atomic E-state index is -4.80. The van der Waals surface area contributed by atoms with Gasteiger partial charge >= 0.3 is 12.2 Å². The van der Waals surface area contributed by atoms with Crippen molar-refractivity contribution in [3.8, 4) is 11.7 Å². The first-order valence-corrected chi connectivity index (χ1v) is 7.03. The zero-order valence-corrected chi connectivity index (χ0v) is 12.8. The standard InChI is InChI=1S/C15H11F4N5O/c1-9-5-20-14(21-6-9)25-8-10-7-24(23-22-10)11-2-3-13(16)12(4-11)15(17,18)19/h2-7H,8H2,1H3. The number of nitrogens with zero attached hydrogens (tertiary/aromatic N) is 5. The molecule has 0 saturated carbocycles. The average molecular weight is 353 g/mol. The Hall–Kier alpha value is -3.04. The predicted molar refractivity (Wildman–Crippen MR) is 77.4 cm³/mol. The van der Waals surface area contributed by atoms with Crippen LogP contribution in [0.25, 0.3) is 5.69 Å². The van der Waals surface area contributed by atoms with Gasteiger partial charge in [0.15, 0.2) is 0 Å². The van der Waals surface area contributed by atoms with Crippen LogP contribution in [0, 0.1) is 12.7 Å². The second kappa shape index (κ2) is 6.46. The Balaban J connectivity index is 1.76. The summed E-state index contributed by atoms with van der Waals surface area (Å²) in [5, 5.41) is 7.52. The first-order chi connectivity index (χ1) is 11.8. The lowest BCUT2D eigenvalue weighted by Gasteiger charge is -2.09. The summed E-state index contributed by atoms with van der Waals surface area (Å²) in [4.78, 5) is 7.90. The monoisotopic (exact) mass is 353 g/mol. The van der Waals surface area contributed by atoms with E-state index >= 15 is 0 Å². The van der Waals surface area contributed by atoms with Gasteiger partial charge < -0.3 is 4.74 Å². The van der Waals surface area contributed by atoms with Crippen molar-refractivity contribution in [3.05, 3.63) is 59.4 Å². The van der Waals surface area contributed by atoms with Crippen LogP contribution in [0.4, 0.5) is 17.6 Å². The van der Waals surface area contributed by atoms with E-state index in [1.54, 1.807) is 12.4 Å². The first-order valence-electron chi connectivity index (χ1n) is 7.03. The number of hydrogen-bond donors (Lipinski definition) is 0. The van der Waals surface area contributed by atoms with Gasteiger partial charge in [0.2, 0.25) is 0 Å². The third-order valence-electron chi connectivity index (χ3n) is 3.17. The van der Waals surface area contributed by atoms with E-state index in [1.807, 2.05) is 6.92 Å². The molecule has 0 amide bonds. The molecule has 0 saturated heterocycles. The van der Waals surface area contributed by atoms with Crippen molar-refractivity contribution in [2.24, 2.45) is 0 Å². The fourth-order valence-electron chi connectivity index (χ4n) is 1.96. The number of rotatable bonds is 4. The van der Waals surface area contributed by atoms with Gasteiger partial charge in [-0.3, -0.25) is 0 Å². The van der Waals surface area contributed by atoms with Gasteiger partial charge in [0.1, 0.15) is 18.1 Å². The third-order valence-corrected chi connectivity index (χ3v) is 3.17. The average Bonchev–Trinajstić information content (AvgIpc) is 3.03. The maximum Gasteiger partial charge on any atom is 0.419 e. The van der Waals surface area contributed by atoms with Gasteiger partial charge in [-0.1, -0.05) is 5.21 Å². The topological polar surface area (TPSA) is 65.7 Å². The quantitative estimate of drug-likeness (QED) is 0.675. The van der Waals surface area contributed by atoms with Crippen molar-refractivity contribution in [2.45, 2.75) is 19.7 Å². The molecule has 0 bridgehead atoms. The second-order valence-electron chi connectivity index (χ2n) is 5.15. The number of aryl methyl sites for hydroxylation is 1. The highest BCUT2D eigenvalue weighted by Gasteiger charge is 2.34. The Morgan fingerprint density at radius 1 is 1.16 bits per heavy atom. The number of alkyl halides is 3. The lowest BCUT2D eigenvalue weighted by Crippen LogP contribution is -2.09. The second-order valence-corrected chi connectivity index (χ2v) is 5.15. The molecule has 0 aliphatic rings. The van der Waals surface area contributed by atoms with Crippen LogP contribution in [0.15, 0.2) is 36.8 Å². The Morgan fingerprint density at radius 2 is 1.88 bits per heavy atom. The van der Waals surface area contributed by atoms with Gasteiger partial charge in [-0.05, 0) is 30.7 Å². The van der Waals surface area contributed by atoms with Crippen molar-refractivity contribution in [1.82, 2.24) is 25.0 Å². The summed E-state index contributed by atoms with van der Waals surface area (Å²) in [6, 6.07) is 2.71. The summed E-state index contributed by atoms with van der Waals surface area (Å²) in [5.41, 5.74) is -0.123. The van der Waals surface area contributed by atoms with Crippen molar-refractivity contribution in [2.75, 3.05) is 0 Å². The van der Waals surface area contributed by atoms with E-state index in [9.17, 15) is 17.6 Å². The van der Waals surface area contributed by atoms with Crippen LogP contribution in [-0.4, -0.2) is 25.0 Å². The molecular weight excluding hydrogens is 342 g/mol. The predicted octanol–water partition coefficient (Wildman–Crippen LogP) is 3.10. The molecule has 0 fully saturated rings. The van der Waals surface area contributed by atoms with Crippen molar-refractivity contribution < 1.29 is 22.3 Å². The molecule has 0 atom stereocenters. The Bertz CT molecular complexity index is 876. The van der Waals surface area contributed by atoms with Gasteiger partial charge in [-0.2, -0.15) is 13.2 Å². The molecule has 2 aromatic heterocycles. The molecule has 25 heavy (non-hydrogen) atoms. The summed E-state index contributed by atoms with van der Waals surface area (Å²) in [5.74, 6) is -1.35. The fourth-order valence-corrected chi connectivity index (χ4v) is 1.96. The molecule has 6 nitrogen and oxygen atoms in total. The summed E-state index contributed by atoms with van der Waals surface area (Å²) in [6.45, 7) is 1.81. The number of benzene rings is 1. The van der Waals surface area contributed by atoms with Gasteiger partial charge in [-0.15, -0.1) is 5.10 Å². The van der Waals surface area contributed by atoms with E-state index in [4.69, 9.17) is 4.74 Å². The molecule has 0 N–H and O–H groups in total. The molecule has 0 aliphatic carbocycles. The highest BCUT2D eigenvalue weighted by Crippen LogP contribution is 2.32. The molecule has 130 valence electrons. The fraction of sp³-hybridized carbons (Fsp3) is 0.200. The summed E-state index contributed by atoms with van der Waals surface area (Å²) >= 11 is 0. The van der Waals surface area contributed by atoms with Crippen molar-refractivity contribution in [1.29, 1.82) is 0 Å². The summed E-state index contributed by atoms with van der Waals surface area (Å²) in [6.07, 6.45) is -0.260. The zero-order chi connectivity index (χ0) is 18.0. The van der Waals surface area contributed by atoms with E-state index in [0.717, 1.165) is 16.3 Å². The minimum Gasteiger partial charge on any atom is -0.457 e. The molecule has 0 aliphatic heterocycles. The Labute approximate surface area is 139 Å². The lowest BCUT2D eigenvalue weighted by molar-refractivity contribution is -0.140. The van der Waals surface area contributed by atoms with E-state index in [2.05, 4.69) is 20.3 Å². The molecule has 0 unspecified atom stereocenters. The molecular formula is C15H11F4N5O. The number of hydrogen-bond acceptors (Lipinski definition) is 5. The van der Waals surface area contributed by atoms with Gasteiger partial charge in [0.25, 0.3) is 0 Å². The minimum absolute atomic E-state index is 0.0175. The van der Waals surface area contributed by atoms with Crippen LogP contribution in [-0.2, 0) is 12.8 Å². The highest BCUT2D eigenvalue weighted by atomic mass is 19.4. The van der Waals surface area contributed by atoms with Crippen molar-refractivity contribution in [3.63, 3.8) is 0 Å². The van der Waals surface area contributed by atoms with E-state index in [0.29, 0.717) is 11.8 Å². The van der Waals surface area contributed by atoms with Gasteiger partial charge in [-0.25, -0.2) is 19.0 Å². The zero-order valence-electron chi connectivity index (χ0n) is 12.8. The number of ether oxygens (including phenoxy) is 1. The lowest BCUT2D eigenvalue weighted by atomic mass is 10.2. The first kappa shape index (κ1) is 16.8. The smallest absolute Gasteiger partial charge is 0.419 e. The third kappa shape index (κ3) is 3.90. The number of aromatic nitrogens is 5. The van der Waals surface area contributed by atoms with E-state index in [-0.39, 0.29) is 18.3 Å². The molecule has 2 heterocycles. The Morgan fingerprint density at radius 3 is 2.56 bits per heavy atom. The number of halogens is 4. The molecule has 3 rings (SSSR count).